The van der Waals surface area contributed by atoms with Crippen molar-refractivity contribution in [1.82, 2.24) is 5.32 Å². The number of halogens is 1. The molecule has 0 saturated carbocycles. The van der Waals surface area contributed by atoms with E-state index in [-0.39, 0.29) is 11.9 Å². The standard InChI is InChI=1S/C11H16ClNO2/c1-3-9(4-6-12)13-11(14)10-5-7-15-8(10)2/h5,7,9H,3-4,6H2,1-2H3,(H,13,14). The van der Waals surface area contributed by atoms with Crippen LogP contribution < -0.4 is 5.32 Å². The lowest BCUT2D eigenvalue weighted by Crippen LogP contribution is -2.34. The molecule has 84 valence electrons. The lowest BCUT2D eigenvalue weighted by Gasteiger charge is -2.14. The summed E-state index contributed by atoms with van der Waals surface area (Å²) in [5, 5.41) is 2.93. The van der Waals surface area contributed by atoms with Crippen LogP contribution in [0.4, 0.5) is 0 Å². The molecule has 1 aromatic rings. The number of hydrogen-bond donors (Lipinski definition) is 1. The van der Waals surface area contributed by atoms with E-state index in [2.05, 4.69) is 5.32 Å². The van der Waals surface area contributed by atoms with Gasteiger partial charge in [-0.2, -0.15) is 0 Å². The smallest absolute Gasteiger partial charge is 0.255 e. The SMILES string of the molecule is CCC(CCCl)NC(=O)c1ccoc1C. The van der Waals surface area contributed by atoms with Gasteiger partial charge in [0.05, 0.1) is 11.8 Å². The van der Waals surface area contributed by atoms with E-state index in [0.29, 0.717) is 17.2 Å². The number of furan rings is 1. The van der Waals surface area contributed by atoms with E-state index in [0.717, 1.165) is 12.8 Å². The molecule has 0 aliphatic rings. The van der Waals surface area contributed by atoms with Gasteiger partial charge in [-0.3, -0.25) is 4.79 Å². The van der Waals surface area contributed by atoms with Crippen LogP contribution >= 0.6 is 11.6 Å². The fourth-order valence-electron chi connectivity index (χ4n) is 1.39. The van der Waals surface area contributed by atoms with Crippen LogP contribution in [0, 0.1) is 6.92 Å². The predicted octanol–water partition coefficient (Wildman–Crippen LogP) is 2.73. The van der Waals surface area contributed by atoms with Crippen LogP contribution in [0.2, 0.25) is 0 Å². The number of amides is 1. The maximum Gasteiger partial charge on any atom is 0.255 e. The molecule has 1 unspecified atom stereocenters. The van der Waals surface area contributed by atoms with E-state index in [1.165, 1.54) is 6.26 Å². The molecule has 0 aromatic carbocycles. The van der Waals surface area contributed by atoms with Gasteiger partial charge in [-0.05, 0) is 25.8 Å². The Labute approximate surface area is 94.8 Å². The first-order valence-electron chi connectivity index (χ1n) is 5.10. The lowest BCUT2D eigenvalue weighted by molar-refractivity contribution is 0.0933. The minimum Gasteiger partial charge on any atom is -0.469 e. The molecule has 1 aromatic heterocycles. The van der Waals surface area contributed by atoms with E-state index in [1.54, 1.807) is 13.0 Å². The molecule has 4 heteroatoms. The predicted molar refractivity (Wildman–Crippen MR) is 60.3 cm³/mol. The Bertz CT molecular complexity index is 322. The molecule has 3 nitrogen and oxygen atoms in total. The Hall–Kier alpha value is -0.960. The molecule has 1 N–H and O–H groups in total. The lowest BCUT2D eigenvalue weighted by atomic mass is 10.1. The summed E-state index contributed by atoms with van der Waals surface area (Å²) in [7, 11) is 0. The Morgan fingerprint density at radius 3 is 2.87 bits per heavy atom. The molecule has 0 bridgehead atoms. The van der Waals surface area contributed by atoms with Crippen LogP contribution in [-0.2, 0) is 0 Å². The zero-order valence-electron chi connectivity index (χ0n) is 9.05. The van der Waals surface area contributed by atoms with Crippen molar-refractivity contribution in [3.05, 3.63) is 23.7 Å². The molecule has 0 aliphatic heterocycles. The first-order valence-corrected chi connectivity index (χ1v) is 5.63. The summed E-state index contributed by atoms with van der Waals surface area (Å²) in [6.45, 7) is 3.80. The van der Waals surface area contributed by atoms with Gasteiger partial charge in [0.2, 0.25) is 0 Å². The third kappa shape index (κ3) is 3.27. The highest BCUT2D eigenvalue weighted by atomic mass is 35.5. The number of carbonyl (C=O) groups is 1. The van der Waals surface area contributed by atoms with Gasteiger partial charge >= 0.3 is 0 Å². The maximum atomic E-state index is 11.8. The average molecular weight is 230 g/mol. The number of hydrogen-bond acceptors (Lipinski definition) is 2. The summed E-state index contributed by atoms with van der Waals surface area (Å²) < 4.78 is 5.07. The minimum absolute atomic E-state index is 0.0850. The normalized spacial score (nSPS) is 12.5. The van der Waals surface area contributed by atoms with Crippen molar-refractivity contribution in [2.75, 3.05) is 5.88 Å². The van der Waals surface area contributed by atoms with Gasteiger partial charge in [0.15, 0.2) is 0 Å². The molecule has 1 rings (SSSR count). The summed E-state index contributed by atoms with van der Waals surface area (Å²) >= 11 is 5.64. The van der Waals surface area contributed by atoms with E-state index in [9.17, 15) is 4.79 Å². The van der Waals surface area contributed by atoms with Crippen LogP contribution in [0.15, 0.2) is 16.7 Å². The molecular weight excluding hydrogens is 214 g/mol. The summed E-state index contributed by atoms with van der Waals surface area (Å²) in [5.41, 5.74) is 0.600. The zero-order chi connectivity index (χ0) is 11.3. The number of rotatable bonds is 5. The first kappa shape index (κ1) is 12.1. The molecule has 1 heterocycles. The van der Waals surface area contributed by atoms with Gasteiger partial charge in [-0.25, -0.2) is 0 Å². The number of carbonyl (C=O) groups excluding carboxylic acids is 1. The zero-order valence-corrected chi connectivity index (χ0v) is 9.80. The first-order chi connectivity index (χ1) is 7.19. The summed E-state index contributed by atoms with van der Waals surface area (Å²) in [5.74, 6) is 1.12. The number of nitrogens with one attached hydrogen (secondary N) is 1. The van der Waals surface area contributed by atoms with E-state index < -0.39 is 0 Å². The Morgan fingerprint density at radius 2 is 2.40 bits per heavy atom. The molecule has 0 spiro atoms. The average Bonchev–Trinajstić information content (AvgIpc) is 2.63. The van der Waals surface area contributed by atoms with E-state index >= 15 is 0 Å². The second-order valence-corrected chi connectivity index (χ2v) is 3.82. The van der Waals surface area contributed by atoms with Crippen molar-refractivity contribution in [2.45, 2.75) is 32.7 Å². The highest BCUT2D eigenvalue weighted by Gasteiger charge is 2.14. The van der Waals surface area contributed by atoms with Crippen LogP contribution in [-0.4, -0.2) is 17.8 Å². The van der Waals surface area contributed by atoms with E-state index in [4.69, 9.17) is 16.0 Å². The highest BCUT2D eigenvalue weighted by Crippen LogP contribution is 2.09. The fourth-order valence-corrected chi connectivity index (χ4v) is 1.66. The van der Waals surface area contributed by atoms with Gasteiger partial charge in [0.25, 0.3) is 5.91 Å². The summed E-state index contributed by atoms with van der Waals surface area (Å²) in [6, 6.07) is 1.82. The molecule has 0 aliphatic carbocycles. The third-order valence-corrected chi connectivity index (χ3v) is 2.61. The Kier molecular flexibility index (Phi) is 4.69. The summed E-state index contributed by atoms with van der Waals surface area (Å²) in [6.07, 6.45) is 3.20. The molecule has 0 saturated heterocycles. The quantitative estimate of drug-likeness (QED) is 0.789. The fraction of sp³-hybridized carbons (Fsp3) is 0.545. The Morgan fingerprint density at radius 1 is 1.67 bits per heavy atom. The molecule has 1 atom stereocenters. The second kappa shape index (κ2) is 5.81. The molecule has 1 amide bonds. The van der Waals surface area contributed by atoms with Gasteiger partial charge in [-0.15, -0.1) is 11.6 Å². The van der Waals surface area contributed by atoms with Gasteiger partial charge in [-0.1, -0.05) is 6.92 Å². The molecular formula is C11H16ClNO2. The van der Waals surface area contributed by atoms with Crippen LogP contribution in [0.1, 0.15) is 35.9 Å². The van der Waals surface area contributed by atoms with Gasteiger partial charge in [0.1, 0.15) is 5.76 Å². The van der Waals surface area contributed by atoms with Crippen molar-refractivity contribution in [1.29, 1.82) is 0 Å². The molecule has 0 radical (unpaired) electrons. The van der Waals surface area contributed by atoms with Crippen molar-refractivity contribution in [3.8, 4) is 0 Å². The highest BCUT2D eigenvalue weighted by molar-refractivity contribution is 6.17. The third-order valence-electron chi connectivity index (χ3n) is 2.39. The van der Waals surface area contributed by atoms with E-state index in [1.807, 2.05) is 6.92 Å². The van der Waals surface area contributed by atoms with Crippen molar-refractivity contribution in [2.24, 2.45) is 0 Å². The monoisotopic (exact) mass is 229 g/mol. The molecule has 0 fully saturated rings. The second-order valence-electron chi connectivity index (χ2n) is 3.45. The minimum atomic E-state index is -0.0850. The van der Waals surface area contributed by atoms with Crippen LogP contribution in [0.25, 0.3) is 0 Å². The van der Waals surface area contributed by atoms with Crippen LogP contribution in [0.5, 0.6) is 0 Å². The molecule has 15 heavy (non-hydrogen) atoms. The number of aryl methyl sites for hydroxylation is 1. The van der Waals surface area contributed by atoms with Crippen molar-refractivity contribution < 1.29 is 9.21 Å². The van der Waals surface area contributed by atoms with Crippen LogP contribution in [0.3, 0.4) is 0 Å². The maximum absolute atomic E-state index is 11.8. The largest absolute Gasteiger partial charge is 0.469 e. The van der Waals surface area contributed by atoms with Gasteiger partial charge < -0.3 is 9.73 Å². The number of alkyl halides is 1. The van der Waals surface area contributed by atoms with Gasteiger partial charge in [0, 0.05) is 11.9 Å². The van der Waals surface area contributed by atoms with Crippen molar-refractivity contribution in [3.63, 3.8) is 0 Å². The topological polar surface area (TPSA) is 42.2 Å². The Balaban J connectivity index is 2.58. The summed E-state index contributed by atoms with van der Waals surface area (Å²) in [4.78, 5) is 11.8. The van der Waals surface area contributed by atoms with Crippen molar-refractivity contribution >= 4 is 17.5 Å².